The van der Waals surface area contributed by atoms with Crippen LogP contribution in [0.3, 0.4) is 0 Å². The largest absolute Gasteiger partial charge is 0.455 e. The highest BCUT2D eigenvalue weighted by atomic mass is 16.3. The lowest BCUT2D eigenvalue weighted by molar-refractivity contribution is 0.670. The van der Waals surface area contributed by atoms with E-state index in [1.807, 2.05) is 30.3 Å². The number of para-hydroxylation sites is 1. The Hall–Kier alpha value is -8.73. The normalized spacial score (nSPS) is 11.4. The number of nitrogens with zero attached hydrogens (tertiary/aromatic N) is 3. The van der Waals surface area contributed by atoms with Crippen molar-refractivity contribution in [3.05, 3.63) is 237 Å². The number of benzene rings is 10. The van der Waals surface area contributed by atoms with Gasteiger partial charge in [0.1, 0.15) is 11.2 Å². The van der Waals surface area contributed by atoms with Gasteiger partial charge in [0.15, 0.2) is 17.5 Å². The fourth-order valence-corrected chi connectivity index (χ4v) is 9.01. The Kier molecular flexibility index (Phi) is 9.46. The molecule has 2 aromatic heterocycles. The Bertz CT molecular complexity index is 3670. The average Bonchev–Trinajstić information content (AvgIpc) is 3.79. The van der Waals surface area contributed by atoms with Crippen LogP contribution >= 0.6 is 0 Å². The first-order valence-electron chi connectivity index (χ1n) is 21.9. The fraction of sp³-hybridized carbons (Fsp3) is 0. The molecule has 0 aliphatic heterocycles. The van der Waals surface area contributed by atoms with Crippen molar-refractivity contribution in [3.63, 3.8) is 0 Å². The van der Waals surface area contributed by atoms with Gasteiger partial charge in [-0.1, -0.05) is 212 Å². The monoisotopic (exact) mass is 829 g/mol. The van der Waals surface area contributed by atoms with Crippen molar-refractivity contribution >= 4 is 32.7 Å². The smallest absolute Gasteiger partial charge is 0.164 e. The van der Waals surface area contributed by atoms with Crippen molar-refractivity contribution < 1.29 is 4.42 Å². The van der Waals surface area contributed by atoms with Gasteiger partial charge in [-0.25, -0.2) is 15.0 Å². The zero-order valence-corrected chi connectivity index (χ0v) is 35.3. The highest BCUT2D eigenvalue weighted by Crippen LogP contribution is 2.41. The molecule has 12 aromatic rings. The quantitative estimate of drug-likeness (QED) is 0.153. The minimum atomic E-state index is 0.577. The van der Waals surface area contributed by atoms with Crippen LogP contribution in [0, 0.1) is 0 Å². The number of furan rings is 1. The summed E-state index contributed by atoms with van der Waals surface area (Å²) in [6, 6.07) is 82.9. The molecule has 304 valence electrons. The molecule has 0 radical (unpaired) electrons. The SMILES string of the molecule is c1ccc(-c2ccc(-c3cccc4c3oc3cccc(-c5nc(-c6ccc(-c7cccc(-c8ccccc8)c7)cc6)nc(-c6ccc7ccc(-c8ccccc8)cc7c6)n5)c34)cc2)cc1. The molecule has 4 heteroatoms. The van der Waals surface area contributed by atoms with Crippen molar-refractivity contribution in [1.82, 2.24) is 15.0 Å². The molecule has 0 atom stereocenters. The molecule has 4 nitrogen and oxygen atoms in total. The van der Waals surface area contributed by atoms with E-state index in [-0.39, 0.29) is 0 Å². The van der Waals surface area contributed by atoms with Gasteiger partial charge in [0.05, 0.1) is 0 Å². The van der Waals surface area contributed by atoms with Crippen molar-refractivity contribution in [1.29, 1.82) is 0 Å². The fourth-order valence-electron chi connectivity index (χ4n) is 9.01. The molecule has 0 spiro atoms. The second-order valence-electron chi connectivity index (χ2n) is 16.4. The molecule has 0 fully saturated rings. The number of hydrogen-bond acceptors (Lipinski definition) is 4. The van der Waals surface area contributed by atoms with E-state index in [9.17, 15) is 0 Å². The van der Waals surface area contributed by atoms with E-state index in [0.29, 0.717) is 17.5 Å². The summed E-state index contributed by atoms with van der Waals surface area (Å²) in [6.45, 7) is 0. The molecule has 0 N–H and O–H groups in total. The topological polar surface area (TPSA) is 51.8 Å². The lowest BCUT2D eigenvalue weighted by atomic mass is 9.98. The van der Waals surface area contributed by atoms with Gasteiger partial charge in [-0.2, -0.15) is 0 Å². The van der Waals surface area contributed by atoms with Crippen molar-refractivity contribution in [2.24, 2.45) is 0 Å². The van der Waals surface area contributed by atoms with Crippen LogP contribution < -0.4 is 0 Å². The molecule has 65 heavy (non-hydrogen) atoms. The van der Waals surface area contributed by atoms with Gasteiger partial charge in [0.2, 0.25) is 0 Å². The van der Waals surface area contributed by atoms with Gasteiger partial charge in [-0.3, -0.25) is 0 Å². The number of hydrogen-bond donors (Lipinski definition) is 0. The number of fused-ring (bicyclic) bond motifs is 4. The molecule has 12 rings (SSSR count). The molecule has 0 aliphatic carbocycles. The van der Waals surface area contributed by atoms with Crippen LogP contribution in [-0.2, 0) is 0 Å². The lowest BCUT2D eigenvalue weighted by Crippen LogP contribution is -2.00. The van der Waals surface area contributed by atoms with Gasteiger partial charge < -0.3 is 4.42 Å². The van der Waals surface area contributed by atoms with Crippen molar-refractivity contribution in [2.75, 3.05) is 0 Å². The van der Waals surface area contributed by atoms with Crippen LogP contribution in [0.2, 0.25) is 0 Å². The minimum Gasteiger partial charge on any atom is -0.455 e. The van der Waals surface area contributed by atoms with E-state index in [1.54, 1.807) is 0 Å². The Morgan fingerprint density at radius 3 is 1.35 bits per heavy atom. The first kappa shape index (κ1) is 38.0. The van der Waals surface area contributed by atoms with E-state index in [2.05, 4.69) is 206 Å². The van der Waals surface area contributed by atoms with E-state index in [4.69, 9.17) is 19.4 Å². The summed E-state index contributed by atoms with van der Waals surface area (Å²) in [5.74, 6) is 1.77. The van der Waals surface area contributed by atoms with Gasteiger partial charge in [-0.05, 0) is 85.1 Å². The maximum Gasteiger partial charge on any atom is 0.164 e. The van der Waals surface area contributed by atoms with Gasteiger partial charge in [0, 0.05) is 33.0 Å². The van der Waals surface area contributed by atoms with Crippen LogP contribution in [0.5, 0.6) is 0 Å². The first-order chi connectivity index (χ1) is 32.2. The van der Waals surface area contributed by atoms with E-state index < -0.39 is 0 Å². The molecule has 0 aliphatic rings. The second kappa shape index (κ2) is 16.2. The predicted octanol–water partition coefficient (Wildman–Crippen LogP) is 16.3. The Morgan fingerprint density at radius 2 is 0.692 bits per heavy atom. The molecule has 0 saturated carbocycles. The third kappa shape index (κ3) is 7.23. The molecule has 0 saturated heterocycles. The van der Waals surface area contributed by atoms with Crippen molar-refractivity contribution in [2.45, 2.75) is 0 Å². The van der Waals surface area contributed by atoms with E-state index in [0.717, 1.165) is 77.2 Å². The summed E-state index contributed by atoms with van der Waals surface area (Å²) in [7, 11) is 0. The molecule has 10 aromatic carbocycles. The van der Waals surface area contributed by atoms with Crippen LogP contribution in [-0.4, -0.2) is 15.0 Å². The minimum absolute atomic E-state index is 0.577. The zero-order chi connectivity index (χ0) is 43.1. The average molecular weight is 830 g/mol. The van der Waals surface area contributed by atoms with Crippen LogP contribution in [0.1, 0.15) is 0 Å². The van der Waals surface area contributed by atoms with Gasteiger partial charge in [0.25, 0.3) is 0 Å². The number of rotatable bonds is 8. The number of aromatic nitrogens is 3. The first-order valence-corrected chi connectivity index (χ1v) is 21.9. The molecule has 0 amide bonds. The molecular formula is C61H39N3O. The summed E-state index contributed by atoms with van der Waals surface area (Å²) in [4.78, 5) is 15.8. The molecule has 2 heterocycles. The molecule has 0 bridgehead atoms. The van der Waals surface area contributed by atoms with Crippen LogP contribution in [0.25, 0.3) is 123 Å². The lowest BCUT2D eigenvalue weighted by Gasteiger charge is -2.11. The van der Waals surface area contributed by atoms with E-state index >= 15 is 0 Å². The Balaban J connectivity index is 0.987. The Labute approximate surface area is 376 Å². The zero-order valence-electron chi connectivity index (χ0n) is 35.3. The third-order valence-corrected chi connectivity index (χ3v) is 12.4. The standard InChI is InChI=1S/C61H39N3O/c1-4-13-40(14-5-1)43-25-31-46(32-26-43)53-21-11-22-54-57-55(23-12-24-56(57)65-58(53)54)61-63-59(47-33-27-44(28-34-47)49-20-10-19-48(37-49)41-15-6-2-7-16-41)62-60(64-61)51-36-30-45-29-35-50(38-52(45)39-51)42-17-8-3-9-18-42/h1-39H. The highest BCUT2D eigenvalue weighted by molar-refractivity contribution is 6.15. The second-order valence-corrected chi connectivity index (χ2v) is 16.4. The van der Waals surface area contributed by atoms with Crippen molar-refractivity contribution in [3.8, 4) is 89.8 Å². The van der Waals surface area contributed by atoms with E-state index in [1.165, 1.54) is 27.8 Å². The summed E-state index contributed by atoms with van der Waals surface area (Å²) in [5, 5.41) is 4.23. The third-order valence-electron chi connectivity index (χ3n) is 12.4. The summed E-state index contributed by atoms with van der Waals surface area (Å²) >= 11 is 0. The maximum atomic E-state index is 6.76. The highest BCUT2D eigenvalue weighted by Gasteiger charge is 2.20. The maximum absolute atomic E-state index is 6.76. The molecule has 0 unspecified atom stereocenters. The van der Waals surface area contributed by atoms with Gasteiger partial charge in [-0.15, -0.1) is 0 Å². The Morgan fingerprint density at radius 1 is 0.262 bits per heavy atom. The summed E-state index contributed by atoms with van der Waals surface area (Å²) in [5.41, 5.74) is 15.7. The van der Waals surface area contributed by atoms with Gasteiger partial charge >= 0.3 is 0 Å². The van der Waals surface area contributed by atoms with Crippen LogP contribution in [0.15, 0.2) is 241 Å². The predicted molar refractivity (Wildman–Crippen MR) is 268 cm³/mol. The summed E-state index contributed by atoms with van der Waals surface area (Å²) < 4.78 is 6.76. The summed E-state index contributed by atoms with van der Waals surface area (Å²) in [6.07, 6.45) is 0. The molecular weight excluding hydrogens is 791 g/mol. The van der Waals surface area contributed by atoms with Crippen LogP contribution in [0.4, 0.5) is 0 Å².